The van der Waals surface area contributed by atoms with Crippen LogP contribution in [-0.2, 0) is 0 Å². The largest absolute Gasteiger partial charge is 0.247 e. The molecule has 0 saturated heterocycles. The van der Waals surface area contributed by atoms with Crippen LogP contribution in [0.5, 0.6) is 0 Å². The molecule has 4 rings (SSSR count). The van der Waals surface area contributed by atoms with E-state index < -0.39 is 6.17 Å². The number of alkyl halides is 1. The van der Waals surface area contributed by atoms with Crippen LogP contribution in [0.1, 0.15) is 149 Å². The third kappa shape index (κ3) is 7.22. The molecule has 33 heavy (non-hydrogen) atoms. The van der Waals surface area contributed by atoms with Gasteiger partial charge in [-0.15, -0.1) is 0 Å². The maximum absolute atomic E-state index is 15.4. The fraction of sp³-hybridized carbons (Fsp3) is 1.00. The van der Waals surface area contributed by atoms with Crippen molar-refractivity contribution < 1.29 is 4.39 Å². The van der Waals surface area contributed by atoms with Gasteiger partial charge in [-0.05, 0) is 118 Å². The van der Waals surface area contributed by atoms with Gasteiger partial charge >= 0.3 is 0 Å². The van der Waals surface area contributed by atoms with E-state index in [2.05, 4.69) is 13.8 Å². The van der Waals surface area contributed by atoms with Gasteiger partial charge in [0, 0.05) is 0 Å². The van der Waals surface area contributed by atoms with Crippen molar-refractivity contribution >= 4 is 0 Å². The number of unbranched alkanes of at least 4 members (excludes halogenated alkanes) is 2. The zero-order valence-electron chi connectivity index (χ0n) is 22.4. The molecule has 0 N–H and O–H groups in total. The van der Waals surface area contributed by atoms with E-state index in [0.29, 0.717) is 17.8 Å². The third-order valence-corrected chi connectivity index (χ3v) is 11.3. The second kappa shape index (κ2) is 13.3. The van der Waals surface area contributed by atoms with Crippen LogP contribution >= 0.6 is 0 Å². The summed E-state index contributed by atoms with van der Waals surface area (Å²) in [7, 11) is 0. The van der Waals surface area contributed by atoms with Crippen molar-refractivity contribution in [3.63, 3.8) is 0 Å². The minimum absolute atomic E-state index is 0.410. The molecule has 4 fully saturated rings. The van der Waals surface area contributed by atoms with Crippen molar-refractivity contribution in [3.8, 4) is 0 Å². The molecule has 4 aliphatic rings. The summed E-state index contributed by atoms with van der Waals surface area (Å²) in [5.41, 5.74) is 0. The van der Waals surface area contributed by atoms with Crippen molar-refractivity contribution in [2.45, 2.75) is 155 Å². The molecule has 0 aromatic rings. The van der Waals surface area contributed by atoms with Crippen molar-refractivity contribution in [2.75, 3.05) is 0 Å². The normalized spacial score (nSPS) is 42.8. The molecular weight excluding hydrogens is 403 g/mol. The molecule has 3 unspecified atom stereocenters. The van der Waals surface area contributed by atoms with E-state index in [-0.39, 0.29) is 0 Å². The van der Waals surface area contributed by atoms with Crippen molar-refractivity contribution in [1.29, 1.82) is 0 Å². The van der Waals surface area contributed by atoms with Crippen molar-refractivity contribution in [2.24, 2.45) is 47.3 Å². The summed E-state index contributed by atoms with van der Waals surface area (Å²) in [6.07, 6.45) is 28.7. The Kier molecular flexibility index (Phi) is 10.5. The van der Waals surface area contributed by atoms with Crippen LogP contribution in [0, 0.1) is 47.3 Å². The van der Waals surface area contributed by atoms with Gasteiger partial charge in [0.25, 0.3) is 0 Å². The van der Waals surface area contributed by atoms with E-state index in [1.165, 1.54) is 128 Å². The lowest BCUT2D eigenvalue weighted by Gasteiger charge is -2.44. The van der Waals surface area contributed by atoms with Crippen LogP contribution in [0.25, 0.3) is 0 Å². The van der Waals surface area contributed by atoms with Gasteiger partial charge in [0.05, 0.1) is 0 Å². The molecule has 0 amide bonds. The van der Waals surface area contributed by atoms with E-state index in [1.54, 1.807) is 0 Å². The average Bonchev–Trinajstić information content (AvgIpc) is 2.86. The molecule has 4 aliphatic carbocycles. The summed E-state index contributed by atoms with van der Waals surface area (Å²) in [5.74, 6) is 6.72. The van der Waals surface area contributed by atoms with E-state index in [0.717, 1.165) is 36.0 Å². The molecule has 192 valence electrons. The van der Waals surface area contributed by atoms with Crippen LogP contribution in [0.15, 0.2) is 0 Å². The first-order chi connectivity index (χ1) is 16.2. The summed E-state index contributed by atoms with van der Waals surface area (Å²) in [5, 5.41) is 0. The molecule has 0 nitrogen and oxygen atoms in total. The number of halogens is 1. The number of hydrogen-bond acceptors (Lipinski definition) is 0. The van der Waals surface area contributed by atoms with Gasteiger partial charge in [-0.1, -0.05) is 78.1 Å². The van der Waals surface area contributed by atoms with E-state index in [4.69, 9.17) is 0 Å². The van der Waals surface area contributed by atoms with E-state index in [1.807, 2.05) is 0 Å². The van der Waals surface area contributed by atoms with Crippen LogP contribution in [-0.4, -0.2) is 6.17 Å². The fourth-order valence-corrected chi connectivity index (χ4v) is 9.16. The third-order valence-electron chi connectivity index (χ3n) is 11.3. The van der Waals surface area contributed by atoms with Crippen LogP contribution in [0.3, 0.4) is 0 Å². The highest BCUT2D eigenvalue weighted by molar-refractivity contribution is 4.91. The summed E-state index contributed by atoms with van der Waals surface area (Å²) >= 11 is 0. The SMILES string of the molecule is CCCCCC1CCC(C2CCC(C3CCC(C4CCC(CCC)CC4)C(F)C3)CC2)CC1. The quantitative estimate of drug-likeness (QED) is 0.300. The predicted molar refractivity (Wildman–Crippen MR) is 141 cm³/mol. The second-order valence-electron chi connectivity index (χ2n) is 13.3. The molecule has 0 aliphatic heterocycles. The van der Waals surface area contributed by atoms with Gasteiger partial charge in [0.2, 0.25) is 0 Å². The highest BCUT2D eigenvalue weighted by Crippen LogP contribution is 2.49. The lowest BCUT2D eigenvalue weighted by atomic mass is 9.62. The Labute approximate surface area is 206 Å². The molecule has 0 aromatic heterocycles. The zero-order valence-corrected chi connectivity index (χ0v) is 22.4. The first-order valence-corrected chi connectivity index (χ1v) is 15.8. The highest BCUT2D eigenvalue weighted by Gasteiger charge is 2.40. The maximum Gasteiger partial charge on any atom is 0.103 e. The first kappa shape index (κ1) is 26.0. The fourth-order valence-electron chi connectivity index (χ4n) is 9.16. The van der Waals surface area contributed by atoms with Crippen LogP contribution in [0.4, 0.5) is 4.39 Å². The molecule has 0 bridgehead atoms. The van der Waals surface area contributed by atoms with Gasteiger partial charge in [0.1, 0.15) is 6.17 Å². The predicted octanol–water partition coefficient (Wildman–Crippen LogP) is 10.5. The Bertz CT molecular complexity index is 519. The van der Waals surface area contributed by atoms with Gasteiger partial charge in [-0.2, -0.15) is 0 Å². The van der Waals surface area contributed by atoms with E-state index >= 15 is 4.39 Å². The topological polar surface area (TPSA) is 0 Å². The molecule has 0 heterocycles. The van der Waals surface area contributed by atoms with Gasteiger partial charge in [0.15, 0.2) is 0 Å². The smallest absolute Gasteiger partial charge is 0.103 e. The zero-order chi connectivity index (χ0) is 23.0. The van der Waals surface area contributed by atoms with Gasteiger partial charge in [-0.3, -0.25) is 0 Å². The Morgan fingerprint density at radius 3 is 1.52 bits per heavy atom. The first-order valence-electron chi connectivity index (χ1n) is 15.8. The van der Waals surface area contributed by atoms with Crippen molar-refractivity contribution in [3.05, 3.63) is 0 Å². The molecular formula is C32H57F. The Morgan fingerprint density at radius 2 is 0.970 bits per heavy atom. The number of rotatable bonds is 9. The summed E-state index contributed by atoms with van der Waals surface area (Å²) in [4.78, 5) is 0. The number of hydrogen-bond donors (Lipinski definition) is 0. The molecule has 0 aromatic carbocycles. The van der Waals surface area contributed by atoms with Gasteiger partial charge in [-0.25, -0.2) is 4.39 Å². The Balaban J connectivity index is 1.14. The maximum atomic E-state index is 15.4. The Morgan fingerprint density at radius 1 is 0.485 bits per heavy atom. The molecule has 0 radical (unpaired) electrons. The van der Waals surface area contributed by atoms with Crippen LogP contribution < -0.4 is 0 Å². The summed E-state index contributed by atoms with van der Waals surface area (Å²) in [6.45, 7) is 4.64. The van der Waals surface area contributed by atoms with E-state index in [9.17, 15) is 0 Å². The Hall–Kier alpha value is -0.0700. The standard InChI is InChI=1S/C32H57F/c1-3-5-6-8-25-9-13-26(14-10-25)27-17-19-28(20-18-27)30-21-22-31(32(33)23-30)29-15-11-24(7-4-2)12-16-29/h24-32H,3-23H2,1-2H3. The second-order valence-corrected chi connectivity index (χ2v) is 13.3. The minimum Gasteiger partial charge on any atom is -0.247 e. The molecule has 4 saturated carbocycles. The lowest BCUT2D eigenvalue weighted by Crippen LogP contribution is -2.37. The molecule has 3 atom stereocenters. The highest BCUT2D eigenvalue weighted by atomic mass is 19.1. The average molecular weight is 461 g/mol. The summed E-state index contributed by atoms with van der Waals surface area (Å²) in [6, 6.07) is 0. The van der Waals surface area contributed by atoms with Gasteiger partial charge < -0.3 is 0 Å². The lowest BCUT2D eigenvalue weighted by molar-refractivity contribution is 0.0282. The minimum atomic E-state index is -0.489. The molecule has 0 spiro atoms. The monoisotopic (exact) mass is 460 g/mol. The van der Waals surface area contributed by atoms with Crippen LogP contribution in [0.2, 0.25) is 0 Å². The summed E-state index contributed by atoms with van der Waals surface area (Å²) < 4.78 is 15.4. The van der Waals surface area contributed by atoms with Crippen molar-refractivity contribution in [1.82, 2.24) is 0 Å². The molecule has 1 heteroatoms.